The zero-order chi connectivity index (χ0) is 20.2. The van der Waals surface area contributed by atoms with Crippen LogP contribution in [-0.2, 0) is 11.2 Å². The molecule has 144 valence electrons. The summed E-state index contributed by atoms with van der Waals surface area (Å²) in [5.74, 6) is -1.28. The molecule has 8 heteroatoms. The lowest BCUT2D eigenvalue weighted by atomic mass is 10.0. The van der Waals surface area contributed by atoms with E-state index in [1.807, 2.05) is 0 Å². The minimum absolute atomic E-state index is 0.0596. The van der Waals surface area contributed by atoms with Crippen LogP contribution in [0.15, 0.2) is 71.6 Å². The lowest BCUT2D eigenvalue weighted by Crippen LogP contribution is -2.15. The summed E-state index contributed by atoms with van der Waals surface area (Å²) >= 11 is 0. The Kier molecular flexibility index (Phi) is 5.07. The molecule has 0 radical (unpaired) electrons. The Bertz CT molecular complexity index is 1150. The van der Waals surface area contributed by atoms with Crippen molar-refractivity contribution in [2.24, 2.45) is 0 Å². The van der Waals surface area contributed by atoms with E-state index in [0.29, 0.717) is 22.5 Å². The van der Waals surface area contributed by atoms with Crippen molar-refractivity contribution in [3.05, 3.63) is 84.3 Å². The van der Waals surface area contributed by atoms with Crippen LogP contribution < -0.4 is 5.32 Å². The summed E-state index contributed by atoms with van der Waals surface area (Å²) in [7, 11) is 0. The van der Waals surface area contributed by atoms with E-state index in [-0.39, 0.29) is 23.7 Å². The zero-order valence-corrected chi connectivity index (χ0v) is 15.0. The summed E-state index contributed by atoms with van der Waals surface area (Å²) in [5, 5.41) is 6.64. The second-order valence-corrected chi connectivity index (χ2v) is 6.15. The molecular formula is C21H14F2N4O2. The number of hydrogen-bond donors (Lipinski definition) is 1. The largest absolute Gasteiger partial charge is 0.337 e. The Hall–Kier alpha value is -3.94. The molecule has 0 spiro atoms. The van der Waals surface area contributed by atoms with E-state index in [0.717, 1.165) is 0 Å². The third-order valence-corrected chi connectivity index (χ3v) is 4.21. The molecule has 0 saturated heterocycles. The highest BCUT2D eigenvalue weighted by Gasteiger charge is 2.22. The molecule has 0 aliphatic rings. The van der Waals surface area contributed by atoms with Crippen LogP contribution in [0.25, 0.3) is 22.5 Å². The summed E-state index contributed by atoms with van der Waals surface area (Å²) in [6, 6.07) is 13.3. The van der Waals surface area contributed by atoms with Crippen LogP contribution >= 0.6 is 0 Å². The maximum absolute atomic E-state index is 13.8. The Morgan fingerprint density at radius 1 is 1.03 bits per heavy atom. The van der Waals surface area contributed by atoms with Crippen LogP contribution in [0, 0.1) is 11.6 Å². The molecular weight excluding hydrogens is 378 g/mol. The number of carbonyl (C=O) groups excluding carboxylic acids is 1. The Morgan fingerprint density at radius 2 is 1.83 bits per heavy atom. The highest BCUT2D eigenvalue weighted by Crippen LogP contribution is 2.36. The molecule has 6 nitrogen and oxygen atoms in total. The number of aromatic nitrogens is 3. The summed E-state index contributed by atoms with van der Waals surface area (Å²) in [6.45, 7) is 0. The molecule has 0 bridgehead atoms. The number of rotatable bonds is 5. The first-order valence-electron chi connectivity index (χ1n) is 8.67. The van der Waals surface area contributed by atoms with Crippen LogP contribution in [-0.4, -0.2) is 21.0 Å². The first-order valence-corrected chi connectivity index (χ1v) is 8.67. The van der Waals surface area contributed by atoms with Gasteiger partial charge in [0.15, 0.2) is 0 Å². The Balaban J connectivity index is 1.69. The maximum atomic E-state index is 13.8. The van der Waals surface area contributed by atoms with Crippen molar-refractivity contribution >= 4 is 11.8 Å². The number of hydrogen-bond acceptors (Lipinski definition) is 5. The quantitative estimate of drug-likeness (QED) is 0.549. The van der Waals surface area contributed by atoms with Crippen LogP contribution in [0.4, 0.5) is 14.7 Å². The average molecular weight is 392 g/mol. The van der Waals surface area contributed by atoms with Crippen molar-refractivity contribution in [3.63, 3.8) is 0 Å². The van der Waals surface area contributed by atoms with Gasteiger partial charge in [0.25, 0.3) is 0 Å². The minimum Gasteiger partial charge on any atom is -0.337 e. The van der Waals surface area contributed by atoms with Crippen molar-refractivity contribution in [2.45, 2.75) is 6.42 Å². The number of anilines is 1. The van der Waals surface area contributed by atoms with Crippen molar-refractivity contribution in [3.8, 4) is 22.5 Å². The van der Waals surface area contributed by atoms with Gasteiger partial charge in [-0.05, 0) is 42.0 Å². The first kappa shape index (κ1) is 18.4. The number of benzene rings is 2. The van der Waals surface area contributed by atoms with Gasteiger partial charge in [-0.1, -0.05) is 23.4 Å². The molecule has 4 aromatic rings. The van der Waals surface area contributed by atoms with Crippen molar-refractivity contribution < 1.29 is 18.1 Å². The molecule has 0 atom stereocenters. The van der Waals surface area contributed by atoms with Crippen LogP contribution in [0.5, 0.6) is 0 Å². The van der Waals surface area contributed by atoms with E-state index < -0.39 is 11.7 Å². The number of amides is 1. The predicted molar refractivity (Wildman–Crippen MR) is 102 cm³/mol. The van der Waals surface area contributed by atoms with Crippen LogP contribution in [0.1, 0.15) is 5.56 Å². The molecule has 1 N–H and O–H groups in total. The standard InChI is InChI=1S/C21H14F2N4O2/c22-15-7-5-13(6-8-15)20-19(17-9-10-24-12-25-17)21(29-27-20)26-18(28)11-14-3-1-2-4-16(14)23/h1-10,12H,11H2,(H,26,28). The summed E-state index contributed by atoms with van der Waals surface area (Å²) in [6.07, 6.45) is 2.71. The number of nitrogens with zero attached hydrogens (tertiary/aromatic N) is 3. The molecule has 0 saturated carbocycles. The molecule has 0 aliphatic heterocycles. The van der Waals surface area contributed by atoms with Gasteiger partial charge >= 0.3 is 0 Å². The second kappa shape index (κ2) is 7.97. The fourth-order valence-electron chi connectivity index (χ4n) is 2.84. The molecule has 0 aliphatic carbocycles. The first-order chi connectivity index (χ1) is 14.1. The van der Waals surface area contributed by atoms with Crippen LogP contribution in [0.3, 0.4) is 0 Å². The molecule has 0 fully saturated rings. The Morgan fingerprint density at radius 3 is 2.55 bits per heavy atom. The minimum atomic E-state index is -0.479. The molecule has 0 unspecified atom stereocenters. The van der Waals surface area contributed by atoms with E-state index in [4.69, 9.17) is 4.52 Å². The Labute approximate surface area is 164 Å². The van der Waals surface area contributed by atoms with Gasteiger partial charge in [0.1, 0.15) is 23.7 Å². The fraction of sp³-hybridized carbons (Fsp3) is 0.0476. The van der Waals surface area contributed by atoms with Gasteiger partial charge in [-0.3, -0.25) is 10.1 Å². The smallest absolute Gasteiger partial charge is 0.241 e. The zero-order valence-electron chi connectivity index (χ0n) is 15.0. The van der Waals surface area contributed by atoms with Gasteiger partial charge in [-0.15, -0.1) is 0 Å². The van der Waals surface area contributed by atoms with Crippen molar-refractivity contribution in [1.29, 1.82) is 0 Å². The molecule has 29 heavy (non-hydrogen) atoms. The highest BCUT2D eigenvalue weighted by molar-refractivity contribution is 5.97. The average Bonchev–Trinajstić information content (AvgIpc) is 3.14. The third kappa shape index (κ3) is 4.01. The number of halogens is 2. The number of carbonyl (C=O) groups is 1. The van der Waals surface area contributed by atoms with Crippen molar-refractivity contribution in [2.75, 3.05) is 5.32 Å². The van der Waals surface area contributed by atoms with Gasteiger partial charge in [0.2, 0.25) is 11.8 Å². The van der Waals surface area contributed by atoms with E-state index >= 15 is 0 Å². The van der Waals surface area contributed by atoms with Gasteiger partial charge in [0, 0.05) is 11.8 Å². The summed E-state index contributed by atoms with van der Waals surface area (Å²) in [5.41, 5.74) is 2.10. The summed E-state index contributed by atoms with van der Waals surface area (Å²) < 4.78 is 32.5. The van der Waals surface area contributed by atoms with Gasteiger partial charge in [-0.25, -0.2) is 18.7 Å². The maximum Gasteiger partial charge on any atom is 0.241 e. The summed E-state index contributed by atoms with van der Waals surface area (Å²) in [4.78, 5) is 20.5. The van der Waals surface area contributed by atoms with E-state index in [1.54, 1.807) is 30.3 Å². The topological polar surface area (TPSA) is 80.9 Å². The molecule has 1 amide bonds. The van der Waals surface area contributed by atoms with E-state index in [1.165, 1.54) is 36.8 Å². The molecule has 4 rings (SSSR count). The lowest BCUT2D eigenvalue weighted by Gasteiger charge is -2.06. The SMILES string of the molecule is O=C(Cc1ccccc1F)Nc1onc(-c2ccc(F)cc2)c1-c1ccncn1. The van der Waals surface area contributed by atoms with Gasteiger partial charge in [0.05, 0.1) is 17.7 Å². The van der Waals surface area contributed by atoms with E-state index in [2.05, 4.69) is 20.4 Å². The van der Waals surface area contributed by atoms with Gasteiger partial charge in [-0.2, -0.15) is 0 Å². The predicted octanol–water partition coefficient (Wildman–Crippen LogP) is 4.26. The number of nitrogens with one attached hydrogen (secondary N) is 1. The normalized spacial score (nSPS) is 10.7. The van der Waals surface area contributed by atoms with E-state index in [9.17, 15) is 13.6 Å². The van der Waals surface area contributed by atoms with Crippen LogP contribution in [0.2, 0.25) is 0 Å². The lowest BCUT2D eigenvalue weighted by molar-refractivity contribution is -0.115. The molecule has 2 heterocycles. The highest BCUT2D eigenvalue weighted by atomic mass is 19.1. The van der Waals surface area contributed by atoms with Crippen molar-refractivity contribution in [1.82, 2.24) is 15.1 Å². The fourth-order valence-corrected chi connectivity index (χ4v) is 2.84. The second-order valence-electron chi connectivity index (χ2n) is 6.15. The third-order valence-electron chi connectivity index (χ3n) is 4.21. The van der Waals surface area contributed by atoms with Gasteiger partial charge < -0.3 is 4.52 Å². The monoisotopic (exact) mass is 392 g/mol. The molecule has 2 aromatic carbocycles. The molecule has 2 aromatic heterocycles.